The molecule has 0 spiro atoms. The third-order valence-electron chi connectivity index (χ3n) is 8.49. The largest absolute Gasteiger partial charge is 0.508 e. The second kappa shape index (κ2) is 9.61. The van der Waals surface area contributed by atoms with E-state index in [9.17, 15) is 39.6 Å². The van der Waals surface area contributed by atoms with Crippen molar-refractivity contribution in [1.29, 1.82) is 0 Å². The highest BCUT2D eigenvalue weighted by Crippen LogP contribution is 2.54. The zero-order valence-electron chi connectivity index (χ0n) is 22.4. The second-order valence-corrected chi connectivity index (χ2v) is 11.0. The van der Waals surface area contributed by atoms with Gasteiger partial charge in [0.25, 0.3) is 5.91 Å². The summed E-state index contributed by atoms with van der Waals surface area (Å²) in [7, 11) is 4.45. The third kappa shape index (κ3) is 3.87. The Labute approximate surface area is 229 Å². The van der Waals surface area contributed by atoms with Crippen LogP contribution in [0.3, 0.4) is 0 Å². The summed E-state index contributed by atoms with van der Waals surface area (Å²) in [5.41, 5.74) is 1.63. The summed E-state index contributed by atoms with van der Waals surface area (Å²) in [5.74, 6) is -7.60. The Morgan fingerprint density at radius 3 is 2.45 bits per heavy atom. The number of likely N-dealkylation sites (N-methyl/N-ethyl adjacent to an activating group) is 1. The summed E-state index contributed by atoms with van der Waals surface area (Å²) in [6.07, 6.45) is 1.03. The van der Waals surface area contributed by atoms with Gasteiger partial charge in [0.2, 0.25) is 11.7 Å². The van der Waals surface area contributed by atoms with E-state index < -0.39 is 63.8 Å². The number of Topliss-reactive ketones (excluding diaryl/α,β-unsaturated/α-hetero) is 2. The minimum atomic E-state index is -2.73. The van der Waals surface area contributed by atoms with Crippen molar-refractivity contribution in [1.82, 2.24) is 9.80 Å². The number of hydrogen-bond acceptors (Lipinski definition) is 11. The number of amides is 2. The molecule has 40 heavy (non-hydrogen) atoms. The Morgan fingerprint density at radius 1 is 1.23 bits per heavy atom. The standard InChI is InChI=1S/C27H32N4O9/c1-30(2)20-13-8-11-7-12-15(40-3)9-14(29-16(32)10-31-5-4-6-31)21(33)18(12)22(34)17(11)24(36)27(13,39)25(37)19(23(20)35)26(28)38/h9,11,13,20,33-34,37,39H,4-8,10H2,1-3H3,(H2,28,38)(H,29,32)/t11-,13-,20?,27-/m0/s1. The fourth-order valence-electron chi connectivity index (χ4n) is 6.49. The fraction of sp³-hybridized carbons (Fsp3) is 0.481. The molecule has 1 saturated carbocycles. The predicted octanol–water partition coefficient (Wildman–Crippen LogP) is -0.383. The van der Waals surface area contributed by atoms with Gasteiger partial charge in [-0.1, -0.05) is 0 Å². The number of aliphatic hydroxyl groups excluding tert-OH is 2. The number of aromatic hydroxyl groups is 1. The Kier molecular flexibility index (Phi) is 6.63. The number of rotatable bonds is 6. The van der Waals surface area contributed by atoms with Crippen LogP contribution in [0, 0.1) is 11.8 Å². The highest BCUT2D eigenvalue weighted by atomic mass is 16.5. The number of likely N-dealkylation sites (tertiary alicyclic amines) is 1. The lowest BCUT2D eigenvalue weighted by Gasteiger charge is -2.50. The van der Waals surface area contributed by atoms with E-state index >= 15 is 0 Å². The van der Waals surface area contributed by atoms with E-state index in [0.29, 0.717) is 5.56 Å². The van der Waals surface area contributed by atoms with Gasteiger partial charge < -0.3 is 36.2 Å². The van der Waals surface area contributed by atoms with Crippen LogP contribution in [-0.2, 0) is 25.6 Å². The molecule has 13 heteroatoms. The zero-order valence-corrected chi connectivity index (χ0v) is 22.4. The van der Waals surface area contributed by atoms with Crippen LogP contribution < -0.4 is 15.8 Å². The molecule has 214 valence electrons. The summed E-state index contributed by atoms with van der Waals surface area (Å²) in [4.78, 5) is 55.1. The predicted molar refractivity (Wildman–Crippen MR) is 140 cm³/mol. The van der Waals surface area contributed by atoms with E-state index in [0.717, 1.165) is 19.5 Å². The number of phenolic OH excluding ortho intramolecular Hbond substituents is 1. The Hall–Kier alpha value is -3.94. The van der Waals surface area contributed by atoms with Crippen molar-refractivity contribution in [2.45, 2.75) is 30.9 Å². The summed E-state index contributed by atoms with van der Waals surface area (Å²) in [5, 5.41) is 47.8. The molecule has 2 fully saturated rings. The van der Waals surface area contributed by atoms with Crippen LogP contribution in [0.2, 0.25) is 0 Å². The smallest absolute Gasteiger partial charge is 0.255 e. The first-order valence-corrected chi connectivity index (χ1v) is 12.9. The molecular weight excluding hydrogens is 524 g/mol. The number of anilines is 1. The van der Waals surface area contributed by atoms with E-state index in [1.807, 2.05) is 4.90 Å². The number of nitrogens with two attached hydrogens (primary N) is 1. The summed E-state index contributed by atoms with van der Waals surface area (Å²) < 4.78 is 5.52. The molecule has 1 aromatic rings. The molecule has 2 amide bonds. The number of nitrogens with one attached hydrogen (secondary N) is 1. The van der Waals surface area contributed by atoms with Crippen molar-refractivity contribution in [3.8, 4) is 11.5 Å². The van der Waals surface area contributed by atoms with Gasteiger partial charge >= 0.3 is 0 Å². The Morgan fingerprint density at radius 2 is 1.90 bits per heavy atom. The molecule has 13 nitrogen and oxygen atoms in total. The molecule has 3 aliphatic carbocycles. The van der Waals surface area contributed by atoms with E-state index in [4.69, 9.17) is 10.5 Å². The molecule has 0 radical (unpaired) electrons. The summed E-state index contributed by atoms with van der Waals surface area (Å²) in [6.45, 7) is 1.68. The van der Waals surface area contributed by atoms with Crippen LogP contribution in [0.15, 0.2) is 23.0 Å². The number of aliphatic hydroxyl groups is 3. The van der Waals surface area contributed by atoms with E-state index in [1.165, 1.54) is 32.2 Å². The number of carbonyl (C=O) groups is 4. The van der Waals surface area contributed by atoms with E-state index in [1.54, 1.807) is 0 Å². The maximum Gasteiger partial charge on any atom is 0.255 e. The zero-order chi connectivity index (χ0) is 29.3. The number of methoxy groups -OCH3 is 1. The van der Waals surface area contributed by atoms with Crippen molar-refractivity contribution in [3.63, 3.8) is 0 Å². The van der Waals surface area contributed by atoms with Crippen molar-refractivity contribution in [2.75, 3.05) is 46.2 Å². The molecule has 0 aromatic heterocycles. The topological polar surface area (TPSA) is 203 Å². The lowest BCUT2D eigenvalue weighted by atomic mass is 9.57. The molecule has 1 saturated heterocycles. The highest BCUT2D eigenvalue weighted by molar-refractivity contribution is 6.24. The number of hydrogen-bond donors (Lipinski definition) is 6. The maximum absolute atomic E-state index is 13.9. The lowest BCUT2D eigenvalue weighted by molar-refractivity contribution is -0.153. The van der Waals surface area contributed by atoms with E-state index in [-0.39, 0.29) is 47.9 Å². The van der Waals surface area contributed by atoms with Gasteiger partial charge in [-0.3, -0.25) is 29.0 Å². The van der Waals surface area contributed by atoms with Gasteiger partial charge in [0.15, 0.2) is 17.1 Å². The number of nitrogens with zero attached hydrogens (tertiary/aromatic N) is 2. The maximum atomic E-state index is 13.9. The molecule has 0 bridgehead atoms. The molecule has 1 aliphatic heterocycles. The van der Waals surface area contributed by atoms with Crippen LogP contribution in [-0.4, -0.2) is 106 Å². The van der Waals surface area contributed by atoms with Crippen LogP contribution in [0.5, 0.6) is 11.5 Å². The van der Waals surface area contributed by atoms with Gasteiger partial charge in [0.1, 0.15) is 22.8 Å². The van der Waals surface area contributed by atoms with E-state index in [2.05, 4.69) is 5.32 Å². The molecule has 7 N–H and O–H groups in total. The summed E-state index contributed by atoms with van der Waals surface area (Å²) >= 11 is 0. The van der Waals surface area contributed by atoms with Crippen molar-refractivity contribution in [2.24, 2.45) is 17.6 Å². The highest BCUT2D eigenvalue weighted by Gasteiger charge is 2.64. The number of benzene rings is 1. The number of primary amides is 1. The quantitative estimate of drug-likeness (QED) is 0.197. The van der Waals surface area contributed by atoms with Crippen LogP contribution >= 0.6 is 0 Å². The Bertz CT molecular complexity index is 1410. The van der Waals surface area contributed by atoms with Gasteiger partial charge in [0.05, 0.1) is 30.9 Å². The first kappa shape index (κ1) is 27.6. The molecule has 4 aliphatic rings. The van der Waals surface area contributed by atoms with Gasteiger partial charge in [-0.2, -0.15) is 0 Å². The number of ether oxygens (including phenoxy) is 1. The average molecular weight is 557 g/mol. The van der Waals surface area contributed by atoms with Gasteiger partial charge in [-0.05, 0) is 52.4 Å². The number of fused-ring (bicyclic) bond motifs is 3. The second-order valence-electron chi connectivity index (χ2n) is 11.0. The Balaban J connectivity index is 1.64. The third-order valence-corrected chi connectivity index (χ3v) is 8.49. The van der Waals surface area contributed by atoms with Crippen LogP contribution in [0.4, 0.5) is 5.69 Å². The molecular formula is C27H32N4O9. The molecule has 1 aromatic carbocycles. The number of phenols is 1. The lowest BCUT2D eigenvalue weighted by Crippen LogP contribution is -2.65. The van der Waals surface area contributed by atoms with Crippen LogP contribution in [0.25, 0.3) is 5.76 Å². The van der Waals surface area contributed by atoms with Gasteiger partial charge in [-0.25, -0.2) is 0 Å². The van der Waals surface area contributed by atoms with Crippen LogP contribution in [0.1, 0.15) is 24.0 Å². The molecule has 5 rings (SSSR count). The summed E-state index contributed by atoms with van der Waals surface area (Å²) in [6, 6.07) is 0.263. The first-order valence-electron chi connectivity index (χ1n) is 12.9. The SMILES string of the molecule is COc1cc(NC(=O)CN2CCC2)c(O)c2c1C[C@H]1C[C@H]3C(N(C)C)C(=O)C(C(N)=O)=C(O)[C@@]3(O)C(=O)C1=C2O. The number of ketones is 2. The van der Waals surface area contributed by atoms with Gasteiger partial charge in [-0.15, -0.1) is 0 Å². The first-order chi connectivity index (χ1) is 18.8. The minimum absolute atomic E-state index is 0.0377. The fourth-order valence-corrected chi connectivity index (χ4v) is 6.49. The molecule has 1 unspecified atom stereocenters. The number of carbonyl (C=O) groups excluding carboxylic acids is 4. The van der Waals surface area contributed by atoms with Crippen molar-refractivity contribution < 1.29 is 44.3 Å². The average Bonchev–Trinajstić information content (AvgIpc) is 2.85. The molecule has 1 heterocycles. The van der Waals surface area contributed by atoms with Gasteiger partial charge in [0, 0.05) is 23.1 Å². The molecule has 4 atom stereocenters. The van der Waals surface area contributed by atoms with Crippen molar-refractivity contribution >= 4 is 34.8 Å². The van der Waals surface area contributed by atoms with Crippen molar-refractivity contribution in [3.05, 3.63) is 34.1 Å². The minimum Gasteiger partial charge on any atom is -0.508 e. The normalized spacial score (nSPS) is 28.1. The monoisotopic (exact) mass is 556 g/mol.